The molecule has 0 aromatic carbocycles. The lowest BCUT2D eigenvalue weighted by Crippen LogP contribution is -2.44. The van der Waals surface area contributed by atoms with Gasteiger partial charge in [-0.15, -0.1) is 0 Å². The minimum Gasteiger partial charge on any atom is -0.355 e. The van der Waals surface area contributed by atoms with Crippen molar-refractivity contribution >= 4 is 5.91 Å². The van der Waals surface area contributed by atoms with E-state index >= 15 is 0 Å². The molecule has 0 radical (unpaired) electrons. The van der Waals surface area contributed by atoms with Gasteiger partial charge in [-0.05, 0) is 17.8 Å². The van der Waals surface area contributed by atoms with Crippen LogP contribution in [-0.2, 0) is 4.79 Å². The first-order chi connectivity index (χ1) is 6.24. The third-order valence-electron chi connectivity index (χ3n) is 2.20. The van der Waals surface area contributed by atoms with Gasteiger partial charge in [-0.1, -0.05) is 34.6 Å². The average molecular weight is 200 g/mol. The highest BCUT2D eigenvalue weighted by Crippen LogP contribution is 2.16. The first-order valence-corrected chi connectivity index (χ1v) is 5.27. The molecule has 0 aromatic rings. The molecular weight excluding hydrogens is 176 g/mol. The van der Waals surface area contributed by atoms with Crippen molar-refractivity contribution in [2.75, 3.05) is 6.54 Å². The van der Waals surface area contributed by atoms with E-state index in [2.05, 4.69) is 26.1 Å². The Kier molecular flexibility index (Phi) is 5.13. The lowest BCUT2D eigenvalue weighted by Gasteiger charge is -2.20. The van der Waals surface area contributed by atoms with Crippen LogP contribution in [0.5, 0.6) is 0 Å². The Balaban J connectivity index is 3.75. The van der Waals surface area contributed by atoms with E-state index < -0.39 is 0 Å². The van der Waals surface area contributed by atoms with E-state index in [1.807, 2.05) is 13.8 Å². The molecule has 1 amide bonds. The number of nitrogens with one attached hydrogen (secondary N) is 1. The van der Waals surface area contributed by atoms with Gasteiger partial charge in [-0.25, -0.2) is 0 Å². The minimum atomic E-state index is -0.380. The van der Waals surface area contributed by atoms with Crippen molar-refractivity contribution in [1.29, 1.82) is 0 Å². The maximum Gasteiger partial charge on any atom is 0.237 e. The van der Waals surface area contributed by atoms with Crippen molar-refractivity contribution in [3.05, 3.63) is 0 Å². The molecule has 14 heavy (non-hydrogen) atoms. The van der Waals surface area contributed by atoms with Crippen LogP contribution in [0.25, 0.3) is 0 Å². The van der Waals surface area contributed by atoms with Gasteiger partial charge in [0.25, 0.3) is 0 Å². The first-order valence-electron chi connectivity index (χ1n) is 5.27. The fourth-order valence-electron chi connectivity index (χ4n) is 0.981. The van der Waals surface area contributed by atoms with Gasteiger partial charge in [0, 0.05) is 6.54 Å². The van der Waals surface area contributed by atoms with Crippen LogP contribution in [0.15, 0.2) is 0 Å². The highest BCUT2D eigenvalue weighted by atomic mass is 16.2. The van der Waals surface area contributed by atoms with Crippen molar-refractivity contribution in [3.63, 3.8) is 0 Å². The maximum atomic E-state index is 11.4. The number of carbonyl (C=O) groups is 1. The van der Waals surface area contributed by atoms with Gasteiger partial charge >= 0.3 is 0 Å². The largest absolute Gasteiger partial charge is 0.355 e. The van der Waals surface area contributed by atoms with Crippen LogP contribution >= 0.6 is 0 Å². The second-order valence-electron chi connectivity index (χ2n) is 5.37. The molecule has 1 atom stereocenters. The van der Waals surface area contributed by atoms with Crippen molar-refractivity contribution in [1.82, 2.24) is 5.32 Å². The Morgan fingerprint density at radius 3 is 2.21 bits per heavy atom. The van der Waals surface area contributed by atoms with Gasteiger partial charge in [-0.2, -0.15) is 0 Å². The highest BCUT2D eigenvalue weighted by Gasteiger charge is 2.17. The summed E-state index contributed by atoms with van der Waals surface area (Å²) in [5, 5.41) is 2.86. The summed E-state index contributed by atoms with van der Waals surface area (Å²) < 4.78 is 0. The Morgan fingerprint density at radius 2 is 1.86 bits per heavy atom. The first kappa shape index (κ1) is 13.4. The summed E-state index contributed by atoms with van der Waals surface area (Å²) in [5.41, 5.74) is 5.96. The van der Waals surface area contributed by atoms with Crippen LogP contribution < -0.4 is 11.1 Å². The number of hydrogen-bond acceptors (Lipinski definition) is 2. The van der Waals surface area contributed by atoms with Gasteiger partial charge in [0.1, 0.15) is 0 Å². The Bertz CT molecular complexity index is 182. The SMILES string of the molecule is CC(C)C(N)C(=O)NCCC(C)(C)C. The molecule has 0 rings (SSSR count). The van der Waals surface area contributed by atoms with Gasteiger partial charge in [-0.3, -0.25) is 4.79 Å². The smallest absolute Gasteiger partial charge is 0.237 e. The van der Waals surface area contributed by atoms with E-state index in [9.17, 15) is 4.79 Å². The molecule has 0 spiro atoms. The van der Waals surface area contributed by atoms with Crippen LogP contribution in [0.4, 0.5) is 0 Å². The third kappa shape index (κ3) is 5.97. The van der Waals surface area contributed by atoms with Crippen LogP contribution in [0.2, 0.25) is 0 Å². The van der Waals surface area contributed by atoms with E-state index in [0.29, 0.717) is 6.54 Å². The monoisotopic (exact) mass is 200 g/mol. The fourth-order valence-corrected chi connectivity index (χ4v) is 0.981. The number of nitrogens with two attached hydrogens (primary N) is 1. The van der Waals surface area contributed by atoms with Gasteiger partial charge in [0.15, 0.2) is 0 Å². The Hall–Kier alpha value is -0.570. The molecule has 0 bridgehead atoms. The molecule has 0 aliphatic rings. The molecule has 0 aliphatic heterocycles. The standard InChI is InChI=1S/C11H24N2O/c1-8(2)9(12)10(14)13-7-6-11(3,4)5/h8-9H,6-7,12H2,1-5H3,(H,13,14). The maximum absolute atomic E-state index is 11.4. The van der Waals surface area contributed by atoms with Crippen molar-refractivity contribution in [3.8, 4) is 0 Å². The summed E-state index contributed by atoms with van der Waals surface area (Å²) in [6, 6.07) is -0.380. The molecular formula is C11H24N2O. The summed E-state index contributed by atoms with van der Waals surface area (Å²) in [6.45, 7) is 11.1. The fraction of sp³-hybridized carbons (Fsp3) is 0.909. The quantitative estimate of drug-likeness (QED) is 0.723. The Labute approximate surface area is 87.4 Å². The zero-order valence-electron chi connectivity index (χ0n) is 10.1. The third-order valence-corrected chi connectivity index (χ3v) is 2.20. The lowest BCUT2D eigenvalue weighted by molar-refractivity contribution is -0.123. The zero-order valence-corrected chi connectivity index (χ0v) is 10.1. The molecule has 0 saturated carbocycles. The van der Waals surface area contributed by atoms with Crippen LogP contribution in [0.1, 0.15) is 41.0 Å². The normalized spacial score (nSPS) is 14.2. The lowest BCUT2D eigenvalue weighted by atomic mass is 9.92. The molecule has 0 aromatic heterocycles. The Morgan fingerprint density at radius 1 is 1.36 bits per heavy atom. The second kappa shape index (κ2) is 5.35. The minimum absolute atomic E-state index is 0.0377. The topological polar surface area (TPSA) is 55.1 Å². The van der Waals surface area contributed by atoms with Gasteiger partial charge in [0.2, 0.25) is 5.91 Å². The van der Waals surface area contributed by atoms with E-state index in [1.165, 1.54) is 0 Å². The molecule has 3 heteroatoms. The molecule has 0 fully saturated rings. The molecule has 3 N–H and O–H groups in total. The van der Waals surface area contributed by atoms with Crippen LogP contribution in [-0.4, -0.2) is 18.5 Å². The average Bonchev–Trinajstić information content (AvgIpc) is 2.00. The van der Waals surface area contributed by atoms with E-state index in [-0.39, 0.29) is 23.3 Å². The second-order valence-corrected chi connectivity index (χ2v) is 5.37. The molecule has 1 unspecified atom stereocenters. The predicted molar refractivity (Wildman–Crippen MR) is 59.9 cm³/mol. The molecule has 0 saturated heterocycles. The van der Waals surface area contributed by atoms with Crippen molar-refractivity contribution < 1.29 is 4.79 Å². The number of carbonyl (C=O) groups excluding carboxylic acids is 1. The number of rotatable bonds is 4. The summed E-state index contributed by atoms with van der Waals surface area (Å²) in [7, 11) is 0. The van der Waals surface area contributed by atoms with E-state index in [4.69, 9.17) is 5.73 Å². The highest BCUT2D eigenvalue weighted by molar-refractivity contribution is 5.81. The zero-order chi connectivity index (χ0) is 11.4. The summed E-state index contributed by atoms with van der Waals surface area (Å²) in [4.78, 5) is 11.4. The summed E-state index contributed by atoms with van der Waals surface area (Å²) in [6.07, 6.45) is 0.976. The van der Waals surface area contributed by atoms with Crippen LogP contribution in [0.3, 0.4) is 0 Å². The number of hydrogen-bond donors (Lipinski definition) is 2. The van der Waals surface area contributed by atoms with Crippen molar-refractivity contribution in [2.45, 2.75) is 47.1 Å². The molecule has 0 heterocycles. The van der Waals surface area contributed by atoms with E-state index in [1.54, 1.807) is 0 Å². The van der Waals surface area contributed by atoms with E-state index in [0.717, 1.165) is 6.42 Å². The van der Waals surface area contributed by atoms with Gasteiger partial charge in [0.05, 0.1) is 6.04 Å². The molecule has 0 aliphatic carbocycles. The van der Waals surface area contributed by atoms with Crippen LogP contribution in [0, 0.1) is 11.3 Å². The molecule has 3 nitrogen and oxygen atoms in total. The summed E-state index contributed by atoms with van der Waals surface area (Å²) >= 11 is 0. The van der Waals surface area contributed by atoms with Gasteiger partial charge < -0.3 is 11.1 Å². The van der Waals surface area contributed by atoms with Crippen molar-refractivity contribution in [2.24, 2.45) is 17.1 Å². The molecule has 84 valence electrons. The predicted octanol–water partition coefficient (Wildman–Crippen LogP) is 1.52. The number of amides is 1. The summed E-state index contributed by atoms with van der Waals surface area (Å²) in [5.74, 6) is 0.161.